The van der Waals surface area contributed by atoms with Crippen LogP contribution in [0.4, 0.5) is 9.18 Å². The van der Waals surface area contributed by atoms with Crippen LogP contribution >= 0.6 is 0 Å². The Hall–Kier alpha value is -1.85. The SMILES string of the molecule is CC[C@@H](COc1ccc(F)nc1)NC(=O)OC(C)(C)C. The van der Waals surface area contributed by atoms with Gasteiger partial charge in [0, 0.05) is 0 Å². The van der Waals surface area contributed by atoms with Gasteiger partial charge in [0.2, 0.25) is 5.95 Å². The van der Waals surface area contributed by atoms with Gasteiger partial charge in [-0.3, -0.25) is 0 Å². The number of halogens is 1. The van der Waals surface area contributed by atoms with Gasteiger partial charge in [0.1, 0.15) is 18.0 Å². The fourth-order valence-electron chi connectivity index (χ4n) is 1.38. The van der Waals surface area contributed by atoms with Gasteiger partial charge >= 0.3 is 6.09 Å². The zero-order chi connectivity index (χ0) is 15.2. The summed E-state index contributed by atoms with van der Waals surface area (Å²) in [5, 5.41) is 2.72. The third-order valence-electron chi connectivity index (χ3n) is 2.37. The first kappa shape index (κ1) is 16.2. The predicted molar refractivity (Wildman–Crippen MR) is 73.1 cm³/mol. The molecule has 0 aromatic carbocycles. The summed E-state index contributed by atoms with van der Waals surface area (Å²) in [5.41, 5.74) is -0.538. The van der Waals surface area contributed by atoms with Gasteiger partial charge in [-0.1, -0.05) is 6.92 Å². The second kappa shape index (κ2) is 7.07. The summed E-state index contributed by atoms with van der Waals surface area (Å²) < 4.78 is 23.3. The molecule has 0 aliphatic carbocycles. The molecule has 1 rings (SSSR count). The summed E-state index contributed by atoms with van der Waals surface area (Å²) in [4.78, 5) is 15.1. The molecule has 0 saturated carbocycles. The summed E-state index contributed by atoms with van der Waals surface area (Å²) >= 11 is 0. The second-order valence-corrected chi connectivity index (χ2v) is 5.38. The van der Waals surface area contributed by atoms with Crippen molar-refractivity contribution in [2.24, 2.45) is 0 Å². The van der Waals surface area contributed by atoms with Crippen LogP contribution in [0, 0.1) is 5.95 Å². The van der Waals surface area contributed by atoms with Crippen LogP contribution in [-0.4, -0.2) is 29.3 Å². The highest BCUT2D eigenvalue weighted by atomic mass is 19.1. The van der Waals surface area contributed by atoms with Gasteiger partial charge in [-0.25, -0.2) is 9.78 Å². The molecule has 1 aromatic rings. The summed E-state index contributed by atoms with van der Waals surface area (Å²) in [6, 6.07) is 2.52. The molecule has 1 heterocycles. The molecule has 0 saturated heterocycles. The fourth-order valence-corrected chi connectivity index (χ4v) is 1.38. The number of carbonyl (C=O) groups is 1. The highest BCUT2D eigenvalue weighted by Crippen LogP contribution is 2.10. The van der Waals surface area contributed by atoms with Crippen molar-refractivity contribution in [1.82, 2.24) is 10.3 Å². The Morgan fingerprint density at radius 3 is 2.65 bits per heavy atom. The molecule has 0 bridgehead atoms. The molecule has 0 aliphatic rings. The van der Waals surface area contributed by atoms with E-state index in [1.165, 1.54) is 18.3 Å². The first-order chi connectivity index (χ1) is 9.30. The summed E-state index contributed by atoms with van der Waals surface area (Å²) in [7, 11) is 0. The van der Waals surface area contributed by atoms with E-state index in [1.54, 1.807) is 20.8 Å². The van der Waals surface area contributed by atoms with E-state index in [0.717, 1.165) is 0 Å². The number of aromatic nitrogens is 1. The Labute approximate surface area is 118 Å². The average molecular weight is 284 g/mol. The number of alkyl carbamates (subject to hydrolysis) is 1. The third-order valence-corrected chi connectivity index (χ3v) is 2.37. The van der Waals surface area contributed by atoms with Crippen LogP contribution in [0.15, 0.2) is 18.3 Å². The van der Waals surface area contributed by atoms with Crippen molar-refractivity contribution in [2.45, 2.75) is 45.8 Å². The van der Waals surface area contributed by atoms with Crippen molar-refractivity contribution >= 4 is 6.09 Å². The molecule has 1 amide bonds. The van der Waals surface area contributed by atoms with Crippen LogP contribution in [-0.2, 0) is 4.74 Å². The number of pyridine rings is 1. The molecular formula is C14H21FN2O3. The van der Waals surface area contributed by atoms with Crippen molar-refractivity contribution in [2.75, 3.05) is 6.61 Å². The van der Waals surface area contributed by atoms with Crippen LogP contribution < -0.4 is 10.1 Å². The molecule has 0 fully saturated rings. The van der Waals surface area contributed by atoms with Crippen LogP contribution in [0.2, 0.25) is 0 Å². The first-order valence-corrected chi connectivity index (χ1v) is 6.54. The van der Waals surface area contributed by atoms with Gasteiger partial charge in [-0.15, -0.1) is 0 Å². The maximum absolute atomic E-state index is 12.6. The van der Waals surface area contributed by atoms with E-state index < -0.39 is 17.6 Å². The third kappa shape index (κ3) is 6.36. The molecule has 0 aliphatic heterocycles. The first-order valence-electron chi connectivity index (χ1n) is 6.54. The van der Waals surface area contributed by atoms with E-state index in [0.29, 0.717) is 12.2 Å². The number of hydrogen-bond donors (Lipinski definition) is 1. The van der Waals surface area contributed by atoms with Crippen molar-refractivity contribution in [1.29, 1.82) is 0 Å². The number of carbonyl (C=O) groups excluding carboxylic acids is 1. The van der Waals surface area contributed by atoms with Gasteiger partial charge in [0.15, 0.2) is 0 Å². The fraction of sp³-hybridized carbons (Fsp3) is 0.571. The molecule has 0 spiro atoms. The lowest BCUT2D eigenvalue weighted by molar-refractivity contribution is 0.0486. The van der Waals surface area contributed by atoms with E-state index in [9.17, 15) is 9.18 Å². The Balaban J connectivity index is 2.43. The smallest absolute Gasteiger partial charge is 0.407 e. The minimum Gasteiger partial charge on any atom is -0.490 e. The van der Waals surface area contributed by atoms with Crippen LogP contribution in [0.25, 0.3) is 0 Å². The Bertz CT molecular complexity index is 429. The molecular weight excluding hydrogens is 263 g/mol. The number of nitrogens with zero attached hydrogens (tertiary/aromatic N) is 1. The highest BCUT2D eigenvalue weighted by Gasteiger charge is 2.19. The molecule has 20 heavy (non-hydrogen) atoms. The number of amides is 1. The number of rotatable bonds is 5. The highest BCUT2D eigenvalue weighted by molar-refractivity contribution is 5.68. The Morgan fingerprint density at radius 1 is 1.45 bits per heavy atom. The molecule has 112 valence electrons. The molecule has 1 atom stereocenters. The van der Waals surface area contributed by atoms with Gasteiger partial charge in [0.05, 0.1) is 12.2 Å². The Kier molecular flexibility index (Phi) is 5.73. The maximum atomic E-state index is 12.6. The zero-order valence-corrected chi connectivity index (χ0v) is 12.3. The molecule has 0 radical (unpaired) electrons. The normalized spacial score (nSPS) is 12.7. The molecule has 6 heteroatoms. The van der Waals surface area contributed by atoms with Crippen molar-refractivity contribution in [3.63, 3.8) is 0 Å². The number of ether oxygens (including phenoxy) is 2. The van der Waals surface area contributed by atoms with Gasteiger partial charge in [0.25, 0.3) is 0 Å². The van der Waals surface area contributed by atoms with Crippen LogP contribution in [0.3, 0.4) is 0 Å². The van der Waals surface area contributed by atoms with E-state index in [4.69, 9.17) is 9.47 Å². The molecule has 1 aromatic heterocycles. The molecule has 5 nitrogen and oxygen atoms in total. The van der Waals surface area contributed by atoms with Gasteiger partial charge < -0.3 is 14.8 Å². The summed E-state index contributed by atoms with van der Waals surface area (Å²) in [5.74, 6) is -0.105. The topological polar surface area (TPSA) is 60.5 Å². The largest absolute Gasteiger partial charge is 0.490 e. The average Bonchev–Trinajstić information content (AvgIpc) is 2.34. The zero-order valence-electron chi connectivity index (χ0n) is 12.3. The standard InChI is InChI=1S/C14H21FN2O3/c1-5-10(17-13(18)20-14(2,3)4)9-19-11-6-7-12(15)16-8-11/h6-8,10H,5,9H2,1-4H3,(H,17,18)/t10-/m0/s1. The number of nitrogens with one attached hydrogen (secondary N) is 1. The van der Waals surface area contributed by atoms with E-state index in [1.807, 2.05) is 6.92 Å². The molecule has 1 N–H and O–H groups in total. The lowest BCUT2D eigenvalue weighted by Gasteiger charge is -2.23. The van der Waals surface area contributed by atoms with Crippen LogP contribution in [0.1, 0.15) is 34.1 Å². The monoisotopic (exact) mass is 284 g/mol. The maximum Gasteiger partial charge on any atom is 0.407 e. The summed E-state index contributed by atoms with van der Waals surface area (Å²) in [6.07, 6.45) is 1.51. The molecule has 0 unspecified atom stereocenters. The minimum atomic E-state index is -0.559. The van der Waals surface area contributed by atoms with Crippen molar-refractivity contribution in [3.05, 3.63) is 24.3 Å². The van der Waals surface area contributed by atoms with Crippen molar-refractivity contribution in [3.8, 4) is 5.75 Å². The van der Waals surface area contributed by atoms with Crippen LogP contribution in [0.5, 0.6) is 5.75 Å². The predicted octanol–water partition coefficient (Wildman–Crippen LogP) is 2.90. The second-order valence-electron chi connectivity index (χ2n) is 5.38. The lowest BCUT2D eigenvalue weighted by Crippen LogP contribution is -2.41. The summed E-state index contributed by atoms with van der Waals surface area (Å²) in [6.45, 7) is 7.59. The minimum absolute atomic E-state index is 0.185. The number of hydrogen-bond acceptors (Lipinski definition) is 4. The van der Waals surface area contributed by atoms with Gasteiger partial charge in [-0.05, 0) is 39.3 Å². The van der Waals surface area contributed by atoms with Crippen molar-refractivity contribution < 1.29 is 18.7 Å². The Morgan fingerprint density at radius 2 is 2.15 bits per heavy atom. The van der Waals surface area contributed by atoms with E-state index in [2.05, 4.69) is 10.3 Å². The lowest BCUT2D eigenvalue weighted by atomic mass is 10.2. The van der Waals surface area contributed by atoms with Gasteiger partial charge in [-0.2, -0.15) is 4.39 Å². The quantitative estimate of drug-likeness (QED) is 0.845. The van der Waals surface area contributed by atoms with E-state index >= 15 is 0 Å². The van der Waals surface area contributed by atoms with E-state index in [-0.39, 0.29) is 12.6 Å².